The van der Waals surface area contributed by atoms with Gasteiger partial charge in [-0.3, -0.25) is 4.98 Å². The second-order valence-corrected chi connectivity index (χ2v) is 5.83. The maximum atomic E-state index is 12.0. The van der Waals surface area contributed by atoms with Crippen molar-refractivity contribution < 1.29 is 9.53 Å². The van der Waals surface area contributed by atoms with E-state index >= 15 is 0 Å². The highest BCUT2D eigenvalue weighted by atomic mass is 35.5. The van der Waals surface area contributed by atoms with Gasteiger partial charge >= 0.3 is 5.97 Å². The van der Waals surface area contributed by atoms with Gasteiger partial charge in [0.25, 0.3) is 0 Å². The molecular formula is C16H12Cl2N4O2. The van der Waals surface area contributed by atoms with E-state index in [4.69, 9.17) is 27.9 Å². The van der Waals surface area contributed by atoms with Crippen molar-refractivity contribution in [1.82, 2.24) is 20.0 Å². The average molecular weight is 363 g/mol. The lowest BCUT2D eigenvalue weighted by Crippen LogP contribution is -2.07. The predicted molar refractivity (Wildman–Crippen MR) is 90.2 cm³/mol. The number of ether oxygens (including phenoxy) is 1. The van der Waals surface area contributed by atoms with E-state index in [0.29, 0.717) is 27.8 Å². The normalized spacial score (nSPS) is 10.6. The van der Waals surface area contributed by atoms with E-state index in [2.05, 4.69) is 15.3 Å². The molecule has 122 valence electrons. The van der Waals surface area contributed by atoms with Crippen molar-refractivity contribution in [3.05, 3.63) is 64.0 Å². The lowest BCUT2D eigenvalue weighted by atomic mass is 10.1. The molecule has 3 aromatic rings. The summed E-state index contributed by atoms with van der Waals surface area (Å²) in [7, 11) is 1.30. The van der Waals surface area contributed by atoms with E-state index in [9.17, 15) is 4.79 Å². The molecule has 8 heteroatoms. The van der Waals surface area contributed by atoms with Gasteiger partial charge < -0.3 is 4.74 Å². The van der Waals surface area contributed by atoms with Crippen molar-refractivity contribution in [2.24, 2.45) is 0 Å². The Kier molecular flexibility index (Phi) is 4.78. The SMILES string of the molecule is COC(=O)c1nnn(Cc2cc(Cl)cc(Cl)c2)c1-c1cccnc1. The fraction of sp³-hybridized carbons (Fsp3) is 0.125. The van der Waals surface area contributed by atoms with Gasteiger partial charge in [-0.05, 0) is 35.9 Å². The molecule has 0 spiro atoms. The first-order chi connectivity index (χ1) is 11.6. The molecule has 0 saturated heterocycles. The van der Waals surface area contributed by atoms with E-state index in [0.717, 1.165) is 5.56 Å². The summed E-state index contributed by atoms with van der Waals surface area (Å²) in [5, 5.41) is 9.06. The number of pyridine rings is 1. The van der Waals surface area contributed by atoms with Gasteiger partial charge in [0.15, 0.2) is 5.69 Å². The quantitative estimate of drug-likeness (QED) is 0.664. The Balaban J connectivity index is 2.08. The number of hydrogen-bond donors (Lipinski definition) is 0. The van der Waals surface area contributed by atoms with E-state index < -0.39 is 5.97 Å². The Labute approximate surface area is 148 Å². The standard InChI is InChI=1S/C16H12Cl2N4O2/c1-24-16(23)14-15(11-3-2-4-19-8-11)22(21-20-14)9-10-5-12(17)7-13(18)6-10/h2-8H,9H2,1H3. The average Bonchev–Trinajstić information content (AvgIpc) is 2.97. The highest BCUT2D eigenvalue weighted by Crippen LogP contribution is 2.25. The molecule has 0 N–H and O–H groups in total. The molecule has 1 aromatic carbocycles. The third-order valence-corrected chi connectivity index (χ3v) is 3.74. The second-order valence-electron chi connectivity index (χ2n) is 4.96. The zero-order valence-electron chi connectivity index (χ0n) is 12.6. The molecule has 2 aromatic heterocycles. The van der Waals surface area contributed by atoms with Crippen LogP contribution in [0.3, 0.4) is 0 Å². The summed E-state index contributed by atoms with van der Waals surface area (Å²) in [5.74, 6) is -0.566. The van der Waals surface area contributed by atoms with Crippen LogP contribution in [0.5, 0.6) is 0 Å². The number of esters is 1. The lowest BCUT2D eigenvalue weighted by molar-refractivity contribution is 0.0595. The number of rotatable bonds is 4. The molecule has 0 saturated carbocycles. The van der Waals surface area contributed by atoms with Gasteiger partial charge in [-0.15, -0.1) is 5.10 Å². The van der Waals surface area contributed by atoms with Crippen LogP contribution in [0.15, 0.2) is 42.7 Å². The zero-order valence-corrected chi connectivity index (χ0v) is 14.1. The van der Waals surface area contributed by atoms with E-state index in [1.165, 1.54) is 7.11 Å². The van der Waals surface area contributed by atoms with Crippen molar-refractivity contribution >= 4 is 29.2 Å². The van der Waals surface area contributed by atoms with E-state index in [1.54, 1.807) is 41.3 Å². The zero-order chi connectivity index (χ0) is 17.1. The van der Waals surface area contributed by atoms with Crippen LogP contribution in [-0.4, -0.2) is 33.1 Å². The van der Waals surface area contributed by atoms with Crippen molar-refractivity contribution in [2.75, 3.05) is 7.11 Å². The van der Waals surface area contributed by atoms with Crippen molar-refractivity contribution in [1.29, 1.82) is 0 Å². The van der Waals surface area contributed by atoms with Gasteiger partial charge in [0.1, 0.15) is 5.69 Å². The number of carbonyl (C=O) groups is 1. The van der Waals surface area contributed by atoms with Crippen LogP contribution >= 0.6 is 23.2 Å². The Morgan fingerprint density at radius 3 is 2.62 bits per heavy atom. The van der Waals surface area contributed by atoms with Gasteiger partial charge in [0.05, 0.1) is 13.7 Å². The van der Waals surface area contributed by atoms with Crippen LogP contribution in [0.1, 0.15) is 16.1 Å². The summed E-state index contributed by atoms with van der Waals surface area (Å²) in [4.78, 5) is 16.1. The highest BCUT2D eigenvalue weighted by molar-refractivity contribution is 6.34. The number of hydrogen-bond acceptors (Lipinski definition) is 5. The summed E-state index contributed by atoms with van der Waals surface area (Å²) in [5.41, 5.74) is 2.18. The molecular weight excluding hydrogens is 351 g/mol. The summed E-state index contributed by atoms with van der Waals surface area (Å²) in [6.07, 6.45) is 3.28. The van der Waals surface area contributed by atoms with Crippen molar-refractivity contribution in [3.63, 3.8) is 0 Å². The topological polar surface area (TPSA) is 69.9 Å². The van der Waals surface area contributed by atoms with Gasteiger partial charge in [0, 0.05) is 28.0 Å². The fourth-order valence-electron chi connectivity index (χ4n) is 2.32. The van der Waals surface area contributed by atoms with Crippen LogP contribution in [-0.2, 0) is 11.3 Å². The monoisotopic (exact) mass is 362 g/mol. The first-order valence-electron chi connectivity index (χ1n) is 6.95. The Morgan fingerprint density at radius 2 is 2.00 bits per heavy atom. The number of nitrogens with zero attached hydrogens (tertiary/aromatic N) is 4. The Morgan fingerprint density at radius 1 is 1.25 bits per heavy atom. The molecule has 6 nitrogen and oxygen atoms in total. The summed E-state index contributed by atoms with van der Waals surface area (Å²) in [6, 6.07) is 8.79. The minimum absolute atomic E-state index is 0.124. The van der Waals surface area contributed by atoms with Gasteiger partial charge in [-0.2, -0.15) is 0 Å². The molecule has 0 unspecified atom stereocenters. The lowest BCUT2D eigenvalue weighted by Gasteiger charge is -2.08. The first kappa shape index (κ1) is 16.4. The number of methoxy groups -OCH3 is 1. The van der Waals surface area contributed by atoms with Crippen molar-refractivity contribution in [2.45, 2.75) is 6.54 Å². The molecule has 0 radical (unpaired) electrons. The summed E-state index contributed by atoms with van der Waals surface area (Å²) < 4.78 is 6.37. The number of halogens is 2. The van der Waals surface area contributed by atoms with Gasteiger partial charge in [-0.25, -0.2) is 9.48 Å². The highest BCUT2D eigenvalue weighted by Gasteiger charge is 2.22. The maximum absolute atomic E-state index is 12.0. The molecule has 2 heterocycles. The molecule has 0 aliphatic carbocycles. The number of carbonyl (C=O) groups excluding carboxylic acids is 1. The fourth-order valence-corrected chi connectivity index (χ4v) is 2.89. The largest absolute Gasteiger partial charge is 0.464 e. The molecule has 3 rings (SSSR count). The number of benzene rings is 1. The molecule has 0 fully saturated rings. The van der Waals surface area contributed by atoms with Crippen LogP contribution in [0.25, 0.3) is 11.3 Å². The second kappa shape index (κ2) is 6.98. The van der Waals surface area contributed by atoms with Crippen LogP contribution in [0, 0.1) is 0 Å². The maximum Gasteiger partial charge on any atom is 0.360 e. The van der Waals surface area contributed by atoms with Crippen LogP contribution < -0.4 is 0 Å². The van der Waals surface area contributed by atoms with E-state index in [1.807, 2.05) is 6.07 Å². The summed E-state index contributed by atoms with van der Waals surface area (Å²) >= 11 is 12.1. The van der Waals surface area contributed by atoms with E-state index in [-0.39, 0.29) is 5.69 Å². The summed E-state index contributed by atoms with van der Waals surface area (Å²) in [6.45, 7) is 0.342. The minimum Gasteiger partial charge on any atom is -0.464 e. The number of aromatic nitrogens is 4. The van der Waals surface area contributed by atoms with Gasteiger partial charge in [-0.1, -0.05) is 28.4 Å². The minimum atomic E-state index is -0.566. The molecule has 0 bridgehead atoms. The van der Waals surface area contributed by atoms with Crippen molar-refractivity contribution in [3.8, 4) is 11.3 Å². The first-order valence-corrected chi connectivity index (χ1v) is 7.71. The van der Waals surface area contributed by atoms with Crippen LogP contribution in [0.4, 0.5) is 0 Å². The molecule has 0 aliphatic rings. The predicted octanol–water partition coefficient (Wildman–Crippen LogP) is 3.48. The smallest absolute Gasteiger partial charge is 0.360 e. The molecule has 0 aliphatic heterocycles. The van der Waals surface area contributed by atoms with Crippen LogP contribution in [0.2, 0.25) is 10.0 Å². The van der Waals surface area contributed by atoms with Gasteiger partial charge in [0.2, 0.25) is 0 Å². The molecule has 0 amide bonds. The third kappa shape index (κ3) is 3.39. The Bertz CT molecular complexity index is 861. The third-order valence-electron chi connectivity index (χ3n) is 3.30. The molecule has 0 atom stereocenters. The molecule has 24 heavy (non-hydrogen) atoms. The Hall–Kier alpha value is -2.44.